The van der Waals surface area contributed by atoms with Gasteiger partial charge in [-0.1, -0.05) is 48.5 Å². The molecule has 150 valence electrons. The van der Waals surface area contributed by atoms with Crippen LogP contribution in [0.2, 0.25) is 0 Å². The van der Waals surface area contributed by atoms with Crippen LogP contribution in [0, 0.1) is 5.82 Å². The minimum absolute atomic E-state index is 0.0662. The third-order valence-corrected chi connectivity index (χ3v) is 6.25. The molecule has 29 heavy (non-hydrogen) atoms. The van der Waals surface area contributed by atoms with Gasteiger partial charge in [0.15, 0.2) is 0 Å². The molecule has 1 amide bonds. The number of benzene rings is 3. The van der Waals surface area contributed by atoms with Crippen LogP contribution >= 0.6 is 0 Å². The molecule has 7 heteroatoms. The number of sulfonamides is 1. The molecule has 3 aromatic carbocycles. The summed E-state index contributed by atoms with van der Waals surface area (Å²) < 4.78 is 39.6. The highest BCUT2D eigenvalue weighted by atomic mass is 32.2. The molecule has 0 spiro atoms. The molecule has 3 aromatic rings. The highest BCUT2D eigenvalue weighted by Crippen LogP contribution is 2.19. The second-order valence-electron chi connectivity index (χ2n) is 6.52. The maximum atomic E-state index is 13.1. The number of carbonyl (C=O) groups is 1. The average molecular weight is 412 g/mol. The lowest BCUT2D eigenvalue weighted by atomic mass is 10.2. The van der Waals surface area contributed by atoms with Gasteiger partial charge in [0.1, 0.15) is 5.82 Å². The summed E-state index contributed by atoms with van der Waals surface area (Å²) in [6.07, 6.45) is 0. The first kappa shape index (κ1) is 20.7. The van der Waals surface area contributed by atoms with Gasteiger partial charge in [-0.05, 0) is 42.0 Å². The van der Waals surface area contributed by atoms with E-state index in [-0.39, 0.29) is 17.3 Å². The molecule has 0 aliphatic carbocycles. The van der Waals surface area contributed by atoms with E-state index < -0.39 is 15.8 Å². The van der Waals surface area contributed by atoms with Crippen molar-refractivity contribution in [1.29, 1.82) is 0 Å². The van der Waals surface area contributed by atoms with E-state index in [2.05, 4.69) is 0 Å². The Bertz CT molecular complexity index is 1060. The molecule has 0 saturated heterocycles. The van der Waals surface area contributed by atoms with E-state index in [0.29, 0.717) is 12.2 Å². The van der Waals surface area contributed by atoms with E-state index >= 15 is 0 Å². The van der Waals surface area contributed by atoms with Crippen LogP contribution in [0.1, 0.15) is 5.56 Å². The highest BCUT2D eigenvalue weighted by Gasteiger charge is 2.26. The van der Waals surface area contributed by atoms with Crippen molar-refractivity contribution in [2.45, 2.75) is 11.4 Å². The highest BCUT2D eigenvalue weighted by molar-refractivity contribution is 7.89. The molecular formula is C22H21FN2O3S. The maximum absolute atomic E-state index is 13.1. The molecule has 0 fully saturated rings. The van der Waals surface area contributed by atoms with Gasteiger partial charge in [0.05, 0.1) is 18.0 Å². The van der Waals surface area contributed by atoms with Gasteiger partial charge in [-0.3, -0.25) is 4.79 Å². The van der Waals surface area contributed by atoms with Crippen LogP contribution in [0.4, 0.5) is 10.1 Å². The van der Waals surface area contributed by atoms with E-state index in [1.54, 1.807) is 17.0 Å². The quantitative estimate of drug-likeness (QED) is 0.595. The van der Waals surface area contributed by atoms with Crippen LogP contribution in [0.5, 0.6) is 0 Å². The average Bonchev–Trinajstić information content (AvgIpc) is 2.73. The molecule has 3 rings (SSSR count). The second kappa shape index (κ2) is 8.98. The summed E-state index contributed by atoms with van der Waals surface area (Å²) in [7, 11) is -2.58. The molecule has 0 bridgehead atoms. The third kappa shape index (κ3) is 5.07. The summed E-state index contributed by atoms with van der Waals surface area (Å²) in [5, 5.41) is 0. The zero-order valence-corrected chi connectivity index (χ0v) is 16.7. The fourth-order valence-electron chi connectivity index (χ4n) is 2.84. The van der Waals surface area contributed by atoms with Gasteiger partial charge in [-0.15, -0.1) is 0 Å². The van der Waals surface area contributed by atoms with E-state index in [9.17, 15) is 17.6 Å². The SMILES string of the molecule is CN(CC(=O)N(Cc1ccccc1)c1ccccc1)S(=O)(=O)c1ccc(F)cc1. The van der Waals surface area contributed by atoms with Crippen LogP contribution in [-0.4, -0.2) is 32.2 Å². The van der Waals surface area contributed by atoms with E-state index in [4.69, 9.17) is 0 Å². The zero-order chi connectivity index (χ0) is 20.9. The smallest absolute Gasteiger partial charge is 0.243 e. The summed E-state index contributed by atoms with van der Waals surface area (Å²) in [4.78, 5) is 14.5. The van der Waals surface area contributed by atoms with Gasteiger partial charge in [-0.25, -0.2) is 12.8 Å². The molecule has 0 unspecified atom stereocenters. The van der Waals surface area contributed by atoms with Gasteiger partial charge < -0.3 is 4.90 Å². The molecule has 0 heterocycles. The van der Waals surface area contributed by atoms with Crippen molar-refractivity contribution in [3.05, 3.63) is 96.3 Å². The first-order valence-corrected chi connectivity index (χ1v) is 10.4. The van der Waals surface area contributed by atoms with E-state index in [1.165, 1.54) is 19.2 Å². The number of amides is 1. The van der Waals surface area contributed by atoms with Crippen LogP contribution < -0.4 is 4.90 Å². The van der Waals surface area contributed by atoms with Gasteiger partial charge in [0.25, 0.3) is 0 Å². The topological polar surface area (TPSA) is 57.7 Å². The molecule has 0 radical (unpaired) electrons. The Labute approximate surface area is 170 Å². The first-order chi connectivity index (χ1) is 13.9. The van der Waals surface area contributed by atoms with Gasteiger partial charge in [0, 0.05) is 12.7 Å². The molecule has 0 aliphatic rings. The van der Waals surface area contributed by atoms with Crippen LogP contribution in [0.15, 0.2) is 89.8 Å². The number of nitrogens with zero attached hydrogens (tertiary/aromatic N) is 2. The first-order valence-electron chi connectivity index (χ1n) is 8.99. The van der Waals surface area contributed by atoms with Crippen molar-refractivity contribution in [3.63, 3.8) is 0 Å². The summed E-state index contributed by atoms with van der Waals surface area (Å²) >= 11 is 0. The molecule has 0 aliphatic heterocycles. The minimum atomic E-state index is -3.92. The number of hydrogen-bond acceptors (Lipinski definition) is 3. The standard InChI is InChI=1S/C22H21FN2O3S/c1-24(29(27,28)21-14-12-19(23)13-15-21)17-22(26)25(20-10-6-3-7-11-20)16-18-8-4-2-5-9-18/h2-15H,16-17H2,1H3. The normalized spacial score (nSPS) is 11.4. The summed E-state index contributed by atoms with van der Waals surface area (Å²) in [6, 6.07) is 23.1. The second-order valence-corrected chi connectivity index (χ2v) is 8.56. The predicted octanol–water partition coefficient (Wildman–Crippen LogP) is 3.68. The van der Waals surface area contributed by atoms with Gasteiger partial charge in [0.2, 0.25) is 15.9 Å². The number of para-hydroxylation sites is 1. The molecule has 0 aromatic heterocycles. The van der Waals surface area contributed by atoms with Crippen LogP contribution in [0.25, 0.3) is 0 Å². The lowest BCUT2D eigenvalue weighted by Crippen LogP contribution is -2.41. The molecular weight excluding hydrogens is 391 g/mol. The third-order valence-electron chi connectivity index (χ3n) is 4.43. The van der Waals surface area contributed by atoms with Crippen molar-refractivity contribution in [1.82, 2.24) is 4.31 Å². The molecule has 0 N–H and O–H groups in total. The Morgan fingerprint density at radius 2 is 1.41 bits per heavy atom. The van der Waals surface area contributed by atoms with Gasteiger partial charge >= 0.3 is 0 Å². The Morgan fingerprint density at radius 3 is 2.00 bits per heavy atom. The lowest BCUT2D eigenvalue weighted by molar-refractivity contribution is -0.118. The lowest BCUT2D eigenvalue weighted by Gasteiger charge is -2.26. The number of likely N-dealkylation sites (N-methyl/N-ethyl adjacent to an activating group) is 1. The Kier molecular flexibility index (Phi) is 6.41. The fraction of sp³-hybridized carbons (Fsp3) is 0.136. The van der Waals surface area contributed by atoms with Crippen LogP contribution in [-0.2, 0) is 21.4 Å². The number of halogens is 1. The van der Waals surface area contributed by atoms with Crippen molar-refractivity contribution >= 4 is 21.6 Å². The van der Waals surface area contributed by atoms with Crippen LogP contribution in [0.3, 0.4) is 0 Å². The van der Waals surface area contributed by atoms with Crippen molar-refractivity contribution in [2.24, 2.45) is 0 Å². The van der Waals surface area contributed by atoms with E-state index in [0.717, 1.165) is 22.0 Å². The Balaban J connectivity index is 1.83. The summed E-state index contributed by atoms with van der Waals surface area (Å²) in [5.41, 5.74) is 1.60. The monoisotopic (exact) mass is 412 g/mol. The predicted molar refractivity (Wildman–Crippen MR) is 110 cm³/mol. The number of carbonyl (C=O) groups excluding carboxylic acids is 1. The van der Waals surface area contributed by atoms with Crippen molar-refractivity contribution in [3.8, 4) is 0 Å². The number of anilines is 1. The zero-order valence-electron chi connectivity index (χ0n) is 15.9. The number of rotatable bonds is 7. The van der Waals surface area contributed by atoms with Gasteiger partial charge in [-0.2, -0.15) is 4.31 Å². The largest absolute Gasteiger partial charge is 0.307 e. The van der Waals surface area contributed by atoms with E-state index in [1.807, 2.05) is 48.5 Å². The maximum Gasteiger partial charge on any atom is 0.243 e. The number of hydrogen-bond donors (Lipinski definition) is 0. The Morgan fingerprint density at radius 1 is 0.862 bits per heavy atom. The van der Waals surface area contributed by atoms with Crippen molar-refractivity contribution < 1.29 is 17.6 Å². The minimum Gasteiger partial charge on any atom is -0.307 e. The fourth-order valence-corrected chi connectivity index (χ4v) is 3.97. The summed E-state index contributed by atoms with van der Waals surface area (Å²) in [5.74, 6) is -0.894. The Hall–Kier alpha value is -3.03. The summed E-state index contributed by atoms with van der Waals surface area (Å²) in [6.45, 7) is -0.0322. The molecule has 0 saturated carbocycles. The van der Waals surface area contributed by atoms with Crippen molar-refractivity contribution in [2.75, 3.05) is 18.5 Å². The molecule has 0 atom stereocenters. The molecule has 5 nitrogen and oxygen atoms in total.